The van der Waals surface area contributed by atoms with Crippen LogP contribution in [0.15, 0.2) is 54.6 Å². The topological polar surface area (TPSA) is 58.2 Å². The molecule has 2 aromatic rings. The number of amides is 2. The number of anilines is 1. The maximum atomic E-state index is 12.3. The zero-order valence-corrected chi connectivity index (χ0v) is 14.4. The van der Waals surface area contributed by atoms with E-state index in [-0.39, 0.29) is 24.3 Å². The van der Waals surface area contributed by atoms with Gasteiger partial charge in [-0.3, -0.25) is 9.59 Å². The van der Waals surface area contributed by atoms with Crippen LogP contribution in [0, 0.1) is 0 Å². The fraction of sp³-hybridized carbons (Fsp3) is 0.300. The van der Waals surface area contributed by atoms with Crippen LogP contribution in [0.1, 0.15) is 50.3 Å². The van der Waals surface area contributed by atoms with Gasteiger partial charge in [-0.25, -0.2) is 0 Å². The normalized spacial score (nSPS) is 11.8. The van der Waals surface area contributed by atoms with E-state index in [9.17, 15) is 9.59 Å². The molecule has 0 aromatic heterocycles. The van der Waals surface area contributed by atoms with Crippen LogP contribution in [0.5, 0.6) is 0 Å². The molecule has 126 valence electrons. The summed E-state index contributed by atoms with van der Waals surface area (Å²) in [6.45, 7) is 5.72. The molecule has 2 N–H and O–H groups in total. The highest BCUT2D eigenvalue weighted by Crippen LogP contribution is 2.20. The van der Waals surface area contributed by atoms with Crippen molar-refractivity contribution < 1.29 is 9.59 Å². The number of carbonyl (C=O) groups is 2. The molecule has 0 aliphatic rings. The Kier molecular flexibility index (Phi) is 6.13. The summed E-state index contributed by atoms with van der Waals surface area (Å²) >= 11 is 0. The molecule has 0 spiro atoms. The Morgan fingerprint density at radius 1 is 0.917 bits per heavy atom. The molecule has 0 aliphatic carbocycles. The number of nitrogens with one attached hydrogen (secondary N) is 2. The van der Waals surface area contributed by atoms with Crippen molar-refractivity contribution in [2.24, 2.45) is 0 Å². The molecule has 1 unspecified atom stereocenters. The number of hydrogen-bond acceptors (Lipinski definition) is 2. The monoisotopic (exact) mass is 324 g/mol. The second-order valence-corrected chi connectivity index (χ2v) is 6.19. The molecule has 4 nitrogen and oxygen atoms in total. The van der Waals surface area contributed by atoms with E-state index >= 15 is 0 Å². The minimum absolute atomic E-state index is 0.130. The molecule has 24 heavy (non-hydrogen) atoms. The molecule has 0 bridgehead atoms. The summed E-state index contributed by atoms with van der Waals surface area (Å²) in [6.07, 6.45) is 0.190. The first-order chi connectivity index (χ1) is 11.5. The van der Waals surface area contributed by atoms with Gasteiger partial charge in [0, 0.05) is 12.6 Å². The van der Waals surface area contributed by atoms with E-state index in [1.54, 1.807) is 0 Å². The molecule has 2 aromatic carbocycles. The van der Waals surface area contributed by atoms with Crippen LogP contribution in [0.25, 0.3) is 0 Å². The summed E-state index contributed by atoms with van der Waals surface area (Å²) in [7, 11) is 0. The predicted octanol–water partition coefficient (Wildman–Crippen LogP) is 4.02. The molecular weight excluding hydrogens is 300 g/mol. The molecular formula is C20H24N2O2. The third-order valence-electron chi connectivity index (χ3n) is 3.83. The van der Waals surface area contributed by atoms with Gasteiger partial charge in [0.2, 0.25) is 11.8 Å². The van der Waals surface area contributed by atoms with Gasteiger partial charge in [0.25, 0.3) is 0 Å². The van der Waals surface area contributed by atoms with Crippen molar-refractivity contribution in [1.29, 1.82) is 0 Å². The van der Waals surface area contributed by atoms with Crippen LogP contribution < -0.4 is 10.6 Å². The van der Waals surface area contributed by atoms with Crippen molar-refractivity contribution in [3.05, 3.63) is 65.7 Å². The molecule has 2 rings (SSSR count). The van der Waals surface area contributed by atoms with Crippen molar-refractivity contribution in [3.63, 3.8) is 0 Å². The quantitative estimate of drug-likeness (QED) is 0.843. The Labute approximate surface area is 143 Å². The van der Waals surface area contributed by atoms with E-state index < -0.39 is 0 Å². The minimum atomic E-state index is -0.335. The van der Waals surface area contributed by atoms with Crippen LogP contribution in [-0.4, -0.2) is 11.8 Å². The molecule has 0 saturated heterocycles. The predicted molar refractivity (Wildman–Crippen MR) is 96.8 cm³/mol. The van der Waals surface area contributed by atoms with E-state index in [1.807, 2.05) is 54.6 Å². The Hall–Kier alpha value is -2.62. The summed E-state index contributed by atoms with van der Waals surface area (Å²) in [5, 5.41) is 5.73. The highest BCUT2D eigenvalue weighted by atomic mass is 16.2. The molecule has 0 heterocycles. The SMILES string of the molecule is CC(=O)NC(CC(=O)Nc1ccc(C(C)C)cc1)c1ccccc1. The number of carbonyl (C=O) groups excluding carboxylic acids is 2. The molecule has 0 fully saturated rings. The second kappa shape index (κ2) is 8.29. The van der Waals surface area contributed by atoms with Gasteiger partial charge in [-0.1, -0.05) is 56.3 Å². The third kappa shape index (κ3) is 5.23. The zero-order chi connectivity index (χ0) is 17.5. The maximum Gasteiger partial charge on any atom is 0.226 e. The lowest BCUT2D eigenvalue weighted by molar-refractivity contribution is -0.120. The van der Waals surface area contributed by atoms with E-state index in [1.165, 1.54) is 12.5 Å². The van der Waals surface area contributed by atoms with Gasteiger partial charge in [-0.15, -0.1) is 0 Å². The fourth-order valence-electron chi connectivity index (χ4n) is 2.53. The summed E-state index contributed by atoms with van der Waals surface area (Å²) in [5.74, 6) is 0.171. The summed E-state index contributed by atoms with van der Waals surface area (Å²) in [5.41, 5.74) is 2.91. The summed E-state index contributed by atoms with van der Waals surface area (Å²) < 4.78 is 0. The van der Waals surface area contributed by atoms with Gasteiger partial charge in [0.15, 0.2) is 0 Å². The van der Waals surface area contributed by atoms with Crippen LogP contribution in [0.3, 0.4) is 0 Å². The second-order valence-electron chi connectivity index (χ2n) is 6.19. The van der Waals surface area contributed by atoms with Gasteiger partial charge in [-0.2, -0.15) is 0 Å². The van der Waals surface area contributed by atoms with Gasteiger partial charge >= 0.3 is 0 Å². The molecule has 0 radical (unpaired) electrons. The average Bonchev–Trinajstić information content (AvgIpc) is 2.55. The smallest absolute Gasteiger partial charge is 0.226 e. The van der Waals surface area contributed by atoms with E-state index in [0.717, 1.165) is 11.3 Å². The average molecular weight is 324 g/mol. The highest BCUT2D eigenvalue weighted by Gasteiger charge is 2.17. The van der Waals surface area contributed by atoms with Crippen molar-refractivity contribution in [3.8, 4) is 0 Å². The van der Waals surface area contributed by atoms with Crippen LogP contribution in [-0.2, 0) is 9.59 Å². The van der Waals surface area contributed by atoms with Gasteiger partial charge in [0.05, 0.1) is 12.5 Å². The number of hydrogen-bond donors (Lipinski definition) is 2. The van der Waals surface area contributed by atoms with Crippen LogP contribution in [0.4, 0.5) is 5.69 Å². The lowest BCUT2D eigenvalue weighted by Crippen LogP contribution is -2.29. The zero-order valence-electron chi connectivity index (χ0n) is 14.4. The standard InChI is InChI=1S/C20H24N2O2/c1-14(2)16-9-11-18(12-10-16)22-20(24)13-19(21-15(3)23)17-7-5-4-6-8-17/h4-12,14,19H,13H2,1-3H3,(H,21,23)(H,22,24). The van der Waals surface area contributed by atoms with Gasteiger partial charge in [-0.05, 0) is 29.2 Å². The molecule has 2 amide bonds. The Bertz CT molecular complexity index is 679. The molecule has 0 saturated carbocycles. The van der Waals surface area contributed by atoms with Crippen LogP contribution >= 0.6 is 0 Å². The van der Waals surface area contributed by atoms with Crippen LogP contribution in [0.2, 0.25) is 0 Å². The first kappa shape index (κ1) is 17.7. The van der Waals surface area contributed by atoms with Crippen molar-refractivity contribution in [2.75, 3.05) is 5.32 Å². The first-order valence-corrected chi connectivity index (χ1v) is 8.17. The number of rotatable bonds is 6. The van der Waals surface area contributed by atoms with E-state index in [0.29, 0.717) is 5.92 Å². The van der Waals surface area contributed by atoms with Crippen molar-refractivity contribution in [2.45, 2.75) is 39.2 Å². The maximum absolute atomic E-state index is 12.3. The summed E-state index contributed by atoms with van der Waals surface area (Å²) in [4.78, 5) is 23.8. The Morgan fingerprint density at radius 2 is 1.54 bits per heavy atom. The lowest BCUT2D eigenvalue weighted by atomic mass is 10.0. The van der Waals surface area contributed by atoms with Crippen molar-refractivity contribution in [1.82, 2.24) is 5.32 Å². The Morgan fingerprint density at radius 3 is 2.08 bits per heavy atom. The largest absolute Gasteiger partial charge is 0.349 e. The van der Waals surface area contributed by atoms with Gasteiger partial charge in [0.1, 0.15) is 0 Å². The molecule has 0 aliphatic heterocycles. The Balaban J connectivity index is 2.03. The van der Waals surface area contributed by atoms with E-state index in [4.69, 9.17) is 0 Å². The van der Waals surface area contributed by atoms with Crippen molar-refractivity contribution >= 4 is 17.5 Å². The highest BCUT2D eigenvalue weighted by molar-refractivity contribution is 5.91. The lowest BCUT2D eigenvalue weighted by Gasteiger charge is -2.18. The molecule has 1 atom stereocenters. The fourth-order valence-corrected chi connectivity index (χ4v) is 2.53. The summed E-state index contributed by atoms with van der Waals surface area (Å²) in [6, 6.07) is 17.0. The minimum Gasteiger partial charge on any atom is -0.349 e. The third-order valence-corrected chi connectivity index (χ3v) is 3.83. The first-order valence-electron chi connectivity index (χ1n) is 8.17. The van der Waals surface area contributed by atoms with E-state index in [2.05, 4.69) is 24.5 Å². The number of benzene rings is 2. The molecule has 4 heteroatoms. The van der Waals surface area contributed by atoms with Gasteiger partial charge < -0.3 is 10.6 Å².